The predicted octanol–water partition coefficient (Wildman–Crippen LogP) is 2.73. The predicted molar refractivity (Wildman–Crippen MR) is 110 cm³/mol. The Hall–Kier alpha value is -3.15. The van der Waals surface area contributed by atoms with Gasteiger partial charge >= 0.3 is 0 Å². The molecule has 0 bridgehead atoms. The zero-order valence-corrected chi connectivity index (χ0v) is 16.3. The van der Waals surface area contributed by atoms with Crippen LogP contribution in [-0.2, 0) is 16.1 Å². The Morgan fingerprint density at radius 1 is 1.00 bits per heavy atom. The first-order chi connectivity index (χ1) is 14.1. The van der Waals surface area contributed by atoms with Crippen LogP contribution in [0.5, 0.6) is 0 Å². The number of anilines is 1. The van der Waals surface area contributed by atoms with E-state index in [1.807, 2.05) is 36.4 Å². The smallest absolute Gasteiger partial charge is 0.254 e. The molecule has 150 valence electrons. The van der Waals surface area contributed by atoms with Gasteiger partial charge in [-0.3, -0.25) is 14.4 Å². The van der Waals surface area contributed by atoms with Crippen LogP contribution in [0.25, 0.3) is 0 Å². The van der Waals surface area contributed by atoms with Crippen molar-refractivity contribution in [1.29, 1.82) is 0 Å². The molecule has 1 atom stereocenters. The minimum absolute atomic E-state index is 0.0916. The average molecular weight is 391 g/mol. The van der Waals surface area contributed by atoms with Crippen molar-refractivity contribution in [3.05, 3.63) is 65.7 Å². The molecule has 0 radical (unpaired) electrons. The van der Waals surface area contributed by atoms with E-state index in [-0.39, 0.29) is 17.7 Å². The topological polar surface area (TPSA) is 69.7 Å². The molecule has 6 heteroatoms. The van der Waals surface area contributed by atoms with Crippen molar-refractivity contribution in [3.63, 3.8) is 0 Å². The maximum Gasteiger partial charge on any atom is 0.254 e. The normalized spacial score (nSPS) is 18.9. The van der Waals surface area contributed by atoms with E-state index in [0.717, 1.165) is 24.1 Å². The number of carbonyl (C=O) groups is 3. The Morgan fingerprint density at radius 3 is 2.59 bits per heavy atom. The third-order valence-corrected chi connectivity index (χ3v) is 5.60. The summed E-state index contributed by atoms with van der Waals surface area (Å²) in [6.07, 6.45) is 2.86. The van der Waals surface area contributed by atoms with E-state index in [1.54, 1.807) is 28.0 Å². The third kappa shape index (κ3) is 4.16. The molecule has 29 heavy (non-hydrogen) atoms. The van der Waals surface area contributed by atoms with Gasteiger partial charge in [-0.1, -0.05) is 36.4 Å². The van der Waals surface area contributed by atoms with Crippen molar-refractivity contribution < 1.29 is 14.4 Å². The van der Waals surface area contributed by atoms with Crippen LogP contribution in [0, 0.1) is 0 Å². The van der Waals surface area contributed by atoms with Gasteiger partial charge in [0.1, 0.15) is 6.04 Å². The molecule has 2 aliphatic heterocycles. The molecule has 4 rings (SSSR count). The van der Waals surface area contributed by atoms with Gasteiger partial charge in [-0.05, 0) is 43.0 Å². The summed E-state index contributed by atoms with van der Waals surface area (Å²) in [4.78, 5) is 41.3. The van der Waals surface area contributed by atoms with E-state index in [0.29, 0.717) is 38.0 Å². The molecule has 1 N–H and O–H groups in total. The molecule has 2 aromatic carbocycles. The van der Waals surface area contributed by atoms with Crippen LogP contribution in [0.15, 0.2) is 54.6 Å². The number of hydrogen-bond acceptors (Lipinski definition) is 3. The molecule has 0 spiro atoms. The van der Waals surface area contributed by atoms with Gasteiger partial charge in [0.25, 0.3) is 5.91 Å². The van der Waals surface area contributed by atoms with E-state index in [2.05, 4.69) is 5.32 Å². The van der Waals surface area contributed by atoms with Crippen molar-refractivity contribution in [3.8, 4) is 0 Å². The van der Waals surface area contributed by atoms with Gasteiger partial charge in [-0.25, -0.2) is 0 Å². The Kier molecular flexibility index (Phi) is 5.60. The van der Waals surface area contributed by atoms with Crippen molar-refractivity contribution in [2.45, 2.75) is 38.3 Å². The van der Waals surface area contributed by atoms with Crippen molar-refractivity contribution in [1.82, 2.24) is 10.2 Å². The monoisotopic (exact) mass is 391 g/mol. The molecule has 6 nitrogen and oxygen atoms in total. The molecule has 3 amide bonds. The lowest BCUT2D eigenvalue weighted by Crippen LogP contribution is -2.45. The lowest BCUT2D eigenvalue weighted by atomic mass is 10.1. The van der Waals surface area contributed by atoms with E-state index < -0.39 is 6.04 Å². The maximum atomic E-state index is 13.1. The molecular weight excluding hydrogens is 366 g/mol. The molecule has 0 aromatic heterocycles. The second-order valence-electron chi connectivity index (χ2n) is 7.56. The number of carbonyl (C=O) groups excluding carboxylic acids is 3. The Morgan fingerprint density at radius 2 is 1.83 bits per heavy atom. The standard InChI is InChI=1S/C23H25N3O3/c27-21-12-6-13-25(21)19-10-4-9-18(15-19)23(29)26-14-5-11-20(26)22(28)24-16-17-7-2-1-3-8-17/h1-4,7-10,15,20H,5-6,11-14,16H2,(H,24,28)/t20-/m1/s1. The van der Waals surface area contributed by atoms with Gasteiger partial charge in [0.2, 0.25) is 11.8 Å². The maximum absolute atomic E-state index is 13.1. The second-order valence-corrected chi connectivity index (χ2v) is 7.56. The number of benzene rings is 2. The van der Waals surface area contributed by atoms with E-state index in [1.165, 1.54) is 0 Å². The number of nitrogens with one attached hydrogen (secondary N) is 1. The summed E-state index contributed by atoms with van der Waals surface area (Å²) < 4.78 is 0. The Bertz CT molecular complexity index is 913. The van der Waals surface area contributed by atoms with E-state index in [9.17, 15) is 14.4 Å². The van der Waals surface area contributed by atoms with Crippen LogP contribution in [0.2, 0.25) is 0 Å². The molecule has 2 saturated heterocycles. The Balaban J connectivity index is 1.45. The molecule has 2 aromatic rings. The van der Waals surface area contributed by atoms with Crippen LogP contribution >= 0.6 is 0 Å². The summed E-state index contributed by atoms with van der Waals surface area (Å²) in [5, 5.41) is 2.95. The zero-order chi connectivity index (χ0) is 20.2. The highest BCUT2D eigenvalue weighted by Gasteiger charge is 2.34. The SMILES string of the molecule is O=C(NCc1ccccc1)[C@H]1CCCN1C(=O)c1cccc(N2CCCC2=O)c1. The molecule has 2 aliphatic rings. The first kappa shape index (κ1) is 19.2. The Labute approximate surface area is 170 Å². The largest absolute Gasteiger partial charge is 0.350 e. The van der Waals surface area contributed by atoms with Gasteiger partial charge in [-0.2, -0.15) is 0 Å². The minimum atomic E-state index is -0.455. The first-order valence-corrected chi connectivity index (χ1v) is 10.2. The first-order valence-electron chi connectivity index (χ1n) is 10.2. The summed E-state index contributed by atoms with van der Waals surface area (Å²) >= 11 is 0. The number of likely N-dealkylation sites (tertiary alicyclic amines) is 1. The van der Waals surface area contributed by atoms with Gasteiger partial charge in [0, 0.05) is 37.3 Å². The molecule has 0 aliphatic carbocycles. The zero-order valence-electron chi connectivity index (χ0n) is 16.3. The second kappa shape index (κ2) is 8.47. The third-order valence-electron chi connectivity index (χ3n) is 5.60. The molecule has 0 saturated carbocycles. The number of rotatable bonds is 5. The minimum Gasteiger partial charge on any atom is -0.350 e. The van der Waals surface area contributed by atoms with Crippen molar-refractivity contribution in [2.24, 2.45) is 0 Å². The fourth-order valence-electron chi connectivity index (χ4n) is 4.08. The van der Waals surface area contributed by atoms with Crippen LogP contribution in [0.4, 0.5) is 5.69 Å². The average Bonchev–Trinajstić information content (AvgIpc) is 3.41. The highest BCUT2D eigenvalue weighted by molar-refractivity contribution is 6.00. The summed E-state index contributed by atoms with van der Waals surface area (Å²) in [5.41, 5.74) is 2.30. The lowest BCUT2D eigenvalue weighted by molar-refractivity contribution is -0.125. The van der Waals surface area contributed by atoms with E-state index >= 15 is 0 Å². The van der Waals surface area contributed by atoms with Gasteiger partial charge in [0.05, 0.1) is 0 Å². The summed E-state index contributed by atoms with van der Waals surface area (Å²) in [7, 11) is 0. The van der Waals surface area contributed by atoms with Gasteiger partial charge in [0.15, 0.2) is 0 Å². The van der Waals surface area contributed by atoms with Crippen molar-refractivity contribution in [2.75, 3.05) is 18.0 Å². The van der Waals surface area contributed by atoms with Crippen LogP contribution in [-0.4, -0.2) is 41.8 Å². The van der Waals surface area contributed by atoms with Gasteiger partial charge < -0.3 is 15.1 Å². The highest BCUT2D eigenvalue weighted by atomic mass is 16.2. The molecule has 2 heterocycles. The molecule has 0 unspecified atom stereocenters. The number of nitrogens with zero attached hydrogens (tertiary/aromatic N) is 2. The van der Waals surface area contributed by atoms with E-state index in [4.69, 9.17) is 0 Å². The quantitative estimate of drug-likeness (QED) is 0.852. The lowest BCUT2D eigenvalue weighted by Gasteiger charge is -2.25. The highest BCUT2D eigenvalue weighted by Crippen LogP contribution is 2.25. The summed E-state index contributed by atoms with van der Waals surface area (Å²) in [6.45, 7) is 1.70. The molecular formula is C23H25N3O3. The number of amides is 3. The fourth-order valence-corrected chi connectivity index (χ4v) is 4.08. The van der Waals surface area contributed by atoms with Crippen LogP contribution < -0.4 is 10.2 Å². The van der Waals surface area contributed by atoms with Crippen LogP contribution in [0.1, 0.15) is 41.6 Å². The van der Waals surface area contributed by atoms with Gasteiger partial charge in [-0.15, -0.1) is 0 Å². The van der Waals surface area contributed by atoms with Crippen molar-refractivity contribution >= 4 is 23.4 Å². The fraction of sp³-hybridized carbons (Fsp3) is 0.348. The summed E-state index contributed by atoms with van der Waals surface area (Å²) in [6, 6.07) is 16.5. The van der Waals surface area contributed by atoms with Crippen LogP contribution in [0.3, 0.4) is 0 Å². The molecule has 2 fully saturated rings. The summed E-state index contributed by atoms with van der Waals surface area (Å²) in [5.74, 6) is -0.185. The number of hydrogen-bond donors (Lipinski definition) is 1.